The number of ether oxygens (including phenoxy) is 2. The first-order valence-electron chi connectivity index (χ1n) is 8.30. The molecule has 4 nitrogen and oxygen atoms in total. The average Bonchev–Trinajstić information content (AvgIpc) is 2.91. The third-order valence-electron chi connectivity index (χ3n) is 5.12. The Balaban J connectivity index is 1.28. The van der Waals surface area contributed by atoms with Crippen molar-refractivity contribution in [2.45, 2.75) is 57.8 Å². The minimum Gasteiger partial charge on any atom is -0.467 e. The molecule has 3 rings (SSSR count). The first-order valence-corrected chi connectivity index (χ1v) is 8.30. The lowest BCUT2D eigenvalue weighted by molar-refractivity contribution is -0.172. The van der Waals surface area contributed by atoms with E-state index in [2.05, 4.69) is 12.2 Å². The van der Waals surface area contributed by atoms with Crippen molar-refractivity contribution in [2.24, 2.45) is 5.41 Å². The van der Waals surface area contributed by atoms with Crippen LogP contribution in [0.3, 0.4) is 0 Å². The summed E-state index contributed by atoms with van der Waals surface area (Å²) in [6, 6.07) is 4.50. The Labute approximate surface area is 127 Å². The molecule has 0 aliphatic heterocycles. The van der Waals surface area contributed by atoms with E-state index in [-0.39, 0.29) is 0 Å². The summed E-state index contributed by atoms with van der Waals surface area (Å²) in [5.74, 6) is 0.898. The lowest BCUT2D eigenvalue weighted by atomic mass is 9.51. The first kappa shape index (κ1) is 15.1. The van der Waals surface area contributed by atoms with E-state index in [1.54, 1.807) is 6.26 Å². The number of furan rings is 1. The fourth-order valence-electron chi connectivity index (χ4n) is 3.74. The van der Waals surface area contributed by atoms with Crippen LogP contribution in [0.1, 0.15) is 44.8 Å². The minimum absolute atomic E-state index is 0.463. The SMILES string of the molecule is CCOC1CC(NCCCOCc2ccco2)C12CCC2. The van der Waals surface area contributed by atoms with Gasteiger partial charge in [-0.15, -0.1) is 0 Å². The van der Waals surface area contributed by atoms with Crippen molar-refractivity contribution in [3.05, 3.63) is 24.2 Å². The lowest BCUT2D eigenvalue weighted by Crippen LogP contribution is -2.67. The topological polar surface area (TPSA) is 43.6 Å². The molecule has 2 saturated carbocycles. The summed E-state index contributed by atoms with van der Waals surface area (Å²) in [4.78, 5) is 0. The van der Waals surface area contributed by atoms with Crippen LogP contribution in [0.25, 0.3) is 0 Å². The van der Waals surface area contributed by atoms with Crippen molar-refractivity contribution in [1.29, 1.82) is 0 Å². The standard InChI is InChI=1S/C17H27NO3/c1-2-20-16-12-15(17(16)7-4-8-17)18-9-5-10-19-13-14-6-3-11-21-14/h3,6,11,15-16,18H,2,4-5,7-10,12-13H2,1H3. The zero-order valence-corrected chi connectivity index (χ0v) is 13.0. The van der Waals surface area contributed by atoms with Crippen LogP contribution in [-0.4, -0.2) is 31.9 Å². The maximum atomic E-state index is 5.88. The summed E-state index contributed by atoms with van der Waals surface area (Å²) in [5.41, 5.74) is 0.463. The summed E-state index contributed by atoms with van der Waals surface area (Å²) in [7, 11) is 0. The van der Waals surface area contributed by atoms with Crippen molar-refractivity contribution in [3.63, 3.8) is 0 Å². The number of hydrogen-bond donors (Lipinski definition) is 1. The molecular weight excluding hydrogens is 266 g/mol. The van der Waals surface area contributed by atoms with Crippen LogP contribution >= 0.6 is 0 Å². The molecule has 0 bridgehead atoms. The average molecular weight is 293 g/mol. The molecule has 2 unspecified atom stereocenters. The van der Waals surface area contributed by atoms with E-state index in [4.69, 9.17) is 13.9 Å². The fourth-order valence-corrected chi connectivity index (χ4v) is 3.74. The van der Waals surface area contributed by atoms with E-state index < -0.39 is 0 Å². The van der Waals surface area contributed by atoms with E-state index >= 15 is 0 Å². The third-order valence-corrected chi connectivity index (χ3v) is 5.12. The molecule has 1 aromatic rings. The van der Waals surface area contributed by atoms with Crippen molar-refractivity contribution in [1.82, 2.24) is 5.32 Å². The van der Waals surface area contributed by atoms with Gasteiger partial charge in [0.2, 0.25) is 0 Å². The minimum atomic E-state index is 0.463. The molecule has 21 heavy (non-hydrogen) atoms. The van der Waals surface area contributed by atoms with Crippen molar-refractivity contribution < 1.29 is 13.9 Å². The van der Waals surface area contributed by atoms with Crippen LogP contribution in [0.4, 0.5) is 0 Å². The molecule has 118 valence electrons. The maximum Gasteiger partial charge on any atom is 0.129 e. The second-order valence-corrected chi connectivity index (χ2v) is 6.26. The summed E-state index contributed by atoms with van der Waals surface area (Å²) in [6.07, 6.45) is 8.46. The molecule has 1 heterocycles. The summed E-state index contributed by atoms with van der Waals surface area (Å²) >= 11 is 0. The van der Waals surface area contributed by atoms with Gasteiger partial charge in [-0.2, -0.15) is 0 Å². The van der Waals surface area contributed by atoms with Crippen LogP contribution in [-0.2, 0) is 16.1 Å². The molecule has 1 spiro atoms. The Kier molecular flexibility index (Phi) is 4.99. The van der Waals surface area contributed by atoms with Gasteiger partial charge in [-0.3, -0.25) is 0 Å². The molecule has 0 radical (unpaired) electrons. The Morgan fingerprint density at radius 3 is 3.00 bits per heavy atom. The van der Waals surface area contributed by atoms with Gasteiger partial charge in [0.05, 0.1) is 12.4 Å². The molecule has 2 aliphatic rings. The summed E-state index contributed by atoms with van der Waals surface area (Å²) in [5, 5.41) is 3.71. The monoisotopic (exact) mass is 293 g/mol. The molecule has 1 N–H and O–H groups in total. The summed E-state index contributed by atoms with van der Waals surface area (Å²) < 4.78 is 16.7. The van der Waals surface area contributed by atoms with E-state index in [9.17, 15) is 0 Å². The van der Waals surface area contributed by atoms with Gasteiger partial charge in [-0.25, -0.2) is 0 Å². The van der Waals surface area contributed by atoms with Crippen LogP contribution in [0.15, 0.2) is 22.8 Å². The van der Waals surface area contributed by atoms with Gasteiger partial charge >= 0.3 is 0 Å². The smallest absolute Gasteiger partial charge is 0.129 e. The Hall–Kier alpha value is -0.840. The highest BCUT2D eigenvalue weighted by Crippen LogP contribution is 2.57. The molecule has 2 fully saturated rings. The maximum absolute atomic E-state index is 5.88. The molecule has 0 amide bonds. The number of nitrogens with one attached hydrogen (secondary N) is 1. The van der Waals surface area contributed by atoms with Crippen LogP contribution in [0, 0.1) is 5.41 Å². The van der Waals surface area contributed by atoms with Crippen LogP contribution in [0.5, 0.6) is 0 Å². The van der Waals surface area contributed by atoms with E-state index in [0.29, 0.717) is 24.2 Å². The third kappa shape index (κ3) is 3.17. The quantitative estimate of drug-likeness (QED) is 0.710. The van der Waals surface area contributed by atoms with Gasteiger partial charge in [-0.1, -0.05) is 6.42 Å². The fraction of sp³-hybridized carbons (Fsp3) is 0.765. The normalized spacial score (nSPS) is 26.5. The highest BCUT2D eigenvalue weighted by molar-refractivity contribution is 5.12. The van der Waals surface area contributed by atoms with Crippen LogP contribution < -0.4 is 5.32 Å². The molecule has 1 aromatic heterocycles. The van der Waals surface area contributed by atoms with Gasteiger partial charge in [-0.05, 0) is 51.3 Å². The van der Waals surface area contributed by atoms with E-state index in [0.717, 1.165) is 31.9 Å². The highest BCUT2D eigenvalue weighted by atomic mass is 16.5. The second-order valence-electron chi connectivity index (χ2n) is 6.26. The zero-order chi connectivity index (χ0) is 14.5. The zero-order valence-electron chi connectivity index (χ0n) is 13.0. The Morgan fingerprint density at radius 1 is 1.43 bits per heavy atom. The second kappa shape index (κ2) is 6.95. The Morgan fingerprint density at radius 2 is 2.33 bits per heavy atom. The number of rotatable bonds is 9. The van der Waals surface area contributed by atoms with Crippen molar-refractivity contribution >= 4 is 0 Å². The van der Waals surface area contributed by atoms with Gasteiger partial charge in [0.1, 0.15) is 12.4 Å². The molecule has 0 saturated heterocycles. The highest BCUT2D eigenvalue weighted by Gasteiger charge is 2.58. The molecular formula is C17H27NO3. The van der Waals surface area contributed by atoms with Gasteiger partial charge in [0.25, 0.3) is 0 Å². The van der Waals surface area contributed by atoms with Crippen molar-refractivity contribution in [2.75, 3.05) is 19.8 Å². The van der Waals surface area contributed by atoms with Crippen LogP contribution in [0.2, 0.25) is 0 Å². The largest absolute Gasteiger partial charge is 0.467 e. The Bertz CT molecular complexity index is 414. The molecule has 2 atom stereocenters. The van der Waals surface area contributed by atoms with E-state index in [1.807, 2.05) is 12.1 Å². The number of hydrogen-bond acceptors (Lipinski definition) is 4. The van der Waals surface area contributed by atoms with Crippen molar-refractivity contribution in [3.8, 4) is 0 Å². The summed E-state index contributed by atoms with van der Waals surface area (Å²) in [6.45, 7) is 5.34. The first-order chi connectivity index (χ1) is 10.3. The van der Waals surface area contributed by atoms with Gasteiger partial charge in [0, 0.05) is 24.7 Å². The molecule has 2 aliphatic carbocycles. The van der Waals surface area contributed by atoms with Gasteiger partial charge < -0.3 is 19.2 Å². The predicted octanol–water partition coefficient (Wildman–Crippen LogP) is 3.12. The van der Waals surface area contributed by atoms with E-state index in [1.165, 1.54) is 25.7 Å². The molecule has 4 heteroatoms. The molecule has 0 aromatic carbocycles. The van der Waals surface area contributed by atoms with Gasteiger partial charge in [0.15, 0.2) is 0 Å². The lowest BCUT2D eigenvalue weighted by Gasteiger charge is -2.61. The predicted molar refractivity (Wildman–Crippen MR) is 81.1 cm³/mol.